The van der Waals surface area contributed by atoms with Gasteiger partial charge in [0.05, 0.1) is 19.2 Å². The second kappa shape index (κ2) is 15.1. The van der Waals surface area contributed by atoms with E-state index in [0.717, 1.165) is 46.6 Å². The van der Waals surface area contributed by atoms with Crippen molar-refractivity contribution in [1.82, 2.24) is 24.6 Å². The first-order valence-corrected chi connectivity index (χ1v) is 16.3. The minimum Gasteiger partial charge on any atom is -0.497 e. The second-order valence-corrected chi connectivity index (χ2v) is 12.4. The van der Waals surface area contributed by atoms with Crippen LogP contribution >= 0.6 is 11.8 Å². The number of rotatable bonds is 12. The number of thioether (sulfide) groups is 1. The molecule has 1 atom stereocenters. The van der Waals surface area contributed by atoms with Crippen molar-refractivity contribution in [3.8, 4) is 11.4 Å². The largest absolute Gasteiger partial charge is 0.497 e. The highest BCUT2D eigenvalue weighted by atomic mass is 32.2. The van der Waals surface area contributed by atoms with Crippen LogP contribution in [0.3, 0.4) is 0 Å². The number of hydrogen-bond acceptors (Lipinski definition) is 6. The van der Waals surface area contributed by atoms with Gasteiger partial charge in [0.25, 0.3) is 0 Å². The fraction of sp³-hybridized carbons (Fsp3) is 0.371. The van der Waals surface area contributed by atoms with Crippen LogP contribution in [0.5, 0.6) is 5.75 Å². The molecular weight excluding hydrogens is 570 g/mol. The zero-order valence-corrected chi connectivity index (χ0v) is 26.6. The van der Waals surface area contributed by atoms with E-state index in [0.29, 0.717) is 38.9 Å². The summed E-state index contributed by atoms with van der Waals surface area (Å²) in [5, 5.41) is 10.0. The zero-order chi connectivity index (χ0) is 30.9. The van der Waals surface area contributed by atoms with Gasteiger partial charge in [0.1, 0.15) is 11.6 Å². The summed E-state index contributed by atoms with van der Waals surface area (Å²) in [6, 6.07) is 26.3. The Kier molecular flexibility index (Phi) is 10.7. The quantitative estimate of drug-likeness (QED) is 0.150. The van der Waals surface area contributed by atoms with Crippen molar-refractivity contribution in [2.45, 2.75) is 57.1 Å². The van der Waals surface area contributed by atoms with Gasteiger partial charge >= 0.3 is 0 Å². The number of carbonyl (C=O) groups excluding carboxylic acids is 2. The lowest BCUT2D eigenvalue weighted by atomic mass is 10.1. The van der Waals surface area contributed by atoms with Crippen LogP contribution < -0.4 is 4.74 Å². The maximum atomic E-state index is 13.0. The number of unbranched alkanes of at least 4 members (excludes halogenated alkanes) is 1. The molecule has 44 heavy (non-hydrogen) atoms. The van der Waals surface area contributed by atoms with Crippen LogP contribution in [0.4, 0.5) is 0 Å². The fourth-order valence-electron chi connectivity index (χ4n) is 5.62. The van der Waals surface area contributed by atoms with Gasteiger partial charge in [0.2, 0.25) is 11.8 Å². The van der Waals surface area contributed by atoms with Crippen LogP contribution in [0.2, 0.25) is 0 Å². The van der Waals surface area contributed by atoms with Crippen molar-refractivity contribution in [3.05, 3.63) is 101 Å². The number of amides is 2. The van der Waals surface area contributed by atoms with Crippen LogP contribution in [0, 0.1) is 6.92 Å². The molecule has 230 valence electrons. The Morgan fingerprint density at radius 2 is 1.64 bits per heavy atom. The SMILES string of the molecule is COc1ccc(CC(=O)N2CCN(C(=O)CCCCSc3nnc(Cc4ccccc4)n3-c3ccccc3C)CC2C)cc1. The Morgan fingerprint density at radius 1 is 0.886 bits per heavy atom. The molecular formula is C35H41N5O3S. The maximum Gasteiger partial charge on any atom is 0.227 e. The van der Waals surface area contributed by atoms with Crippen molar-refractivity contribution < 1.29 is 14.3 Å². The van der Waals surface area contributed by atoms with Crippen molar-refractivity contribution in [3.63, 3.8) is 0 Å². The standard InChI is InChI=1S/C35H41N5O3S/c1-26-11-7-8-14-31(26)40-32(23-28-12-5-4-6-13-28)36-37-35(40)44-22-10-9-15-33(41)38-20-21-39(27(2)25-38)34(42)24-29-16-18-30(43-3)19-17-29/h4-8,11-14,16-19,27H,9-10,15,20-25H2,1-3H3. The van der Waals surface area contributed by atoms with Crippen LogP contribution in [0.1, 0.15) is 48.7 Å². The normalized spacial score (nSPS) is 14.9. The molecule has 8 nitrogen and oxygen atoms in total. The van der Waals surface area contributed by atoms with E-state index in [-0.39, 0.29) is 17.9 Å². The van der Waals surface area contributed by atoms with E-state index in [1.54, 1.807) is 18.9 Å². The minimum atomic E-state index is -0.00751. The molecule has 0 N–H and O–H groups in total. The summed E-state index contributed by atoms with van der Waals surface area (Å²) >= 11 is 1.69. The highest BCUT2D eigenvalue weighted by Gasteiger charge is 2.29. The van der Waals surface area contributed by atoms with E-state index in [9.17, 15) is 9.59 Å². The number of para-hydroxylation sites is 1. The molecule has 4 aromatic rings. The molecule has 0 saturated carbocycles. The first-order chi connectivity index (χ1) is 21.4. The lowest BCUT2D eigenvalue weighted by molar-refractivity contribution is -0.142. The van der Waals surface area contributed by atoms with Crippen molar-refractivity contribution in [2.24, 2.45) is 0 Å². The molecule has 0 aliphatic carbocycles. The van der Waals surface area contributed by atoms with Gasteiger partial charge in [-0.2, -0.15) is 0 Å². The summed E-state index contributed by atoms with van der Waals surface area (Å²) in [5.41, 5.74) is 4.42. The summed E-state index contributed by atoms with van der Waals surface area (Å²) in [5.74, 6) is 2.81. The molecule has 0 bridgehead atoms. The predicted octanol–water partition coefficient (Wildman–Crippen LogP) is 5.74. The Balaban J connectivity index is 1.09. The first-order valence-electron chi connectivity index (χ1n) is 15.3. The van der Waals surface area contributed by atoms with Gasteiger partial charge < -0.3 is 14.5 Å². The fourth-order valence-corrected chi connectivity index (χ4v) is 6.58. The average molecular weight is 612 g/mol. The number of methoxy groups -OCH3 is 1. The zero-order valence-electron chi connectivity index (χ0n) is 25.8. The van der Waals surface area contributed by atoms with E-state index >= 15 is 0 Å². The molecule has 3 aromatic carbocycles. The number of benzene rings is 3. The van der Waals surface area contributed by atoms with Gasteiger partial charge in [-0.3, -0.25) is 14.2 Å². The predicted molar refractivity (Wildman–Crippen MR) is 174 cm³/mol. The third-order valence-corrected chi connectivity index (χ3v) is 9.11. The highest BCUT2D eigenvalue weighted by molar-refractivity contribution is 7.99. The molecule has 1 aromatic heterocycles. The topological polar surface area (TPSA) is 80.6 Å². The van der Waals surface area contributed by atoms with E-state index < -0.39 is 0 Å². The van der Waals surface area contributed by atoms with Crippen LogP contribution in [0.25, 0.3) is 5.69 Å². The molecule has 1 saturated heterocycles. The summed E-state index contributed by atoms with van der Waals surface area (Å²) < 4.78 is 7.38. The summed E-state index contributed by atoms with van der Waals surface area (Å²) in [4.78, 5) is 29.8. The molecule has 1 unspecified atom stereocenters. The Morgan fingerprint density at radius 3 is 2.36 bits per heavy atom. The second-order valence-electron chi connectivity index (χ2n) is 11.3. The first kappa shape index (κ1) is 31.3. The van der Waals surface area contributed by atoms with Crippen molar-refractivity contribution >= 4 is 23.6 Å². The smallest absolute Gasteiger partial charge is 0.227 e. The van der Waals surface area contributed by atoms with Gasteiger partial charge in [-0.25, -0.2) is 0 Å². The number of nitrogens with zero attached hydrogens (tertiary/aromatic N) is 5. The number of ether oxygens (including phenoxy) is 1. The number of aryl methyl sites for hydroxylation is 1. The summed E-state index contributed by atoms with van der Waals surface area (Å²) in [7, 11) is 1.63. The molecule has 1 fully saturated rings. The van der Waals surface area contributed by atoms with Crippen molar-refractivity contribution in [1.29, 1.82) is 0 Å². The minimum absolute atomic E-state index is 0.00751. The summed E-state index contributed by atoms with van der Waals surface area (Å²) in [6.07, 6.45) is 3.28. The number of hydrogen-bond donors (Lipinski definition) is 0. The molecule has 0 spiro atoms. The van der Waals surface area contributed by atoms with Crippen LogP contribution in [0.15, 0.2) is 84.0 Å². The number of piperazine rings is 1. The van der Waals surface area contributed by atoms with E-state index in [2.05, 4.69) is 46.0 Å². The number of carbonyl (C=O) groups is 2. The molecule has 2 heterocycles. The average Bonchev–Trinajstić information content (AvgIpc) is 3.43. The van der Waals surface area contributed by atoms with Gasteiger partial charge in [0.15, 0.2) is 5.16 Å². The van der Waals surface area contributed by atoms with Gasteiger partial charge in [-0.1, -0.05) is 72.4 Å². The lowest BCUT2D eigenvalue weighted by Crippen LogP contribution is -2.55. The van der Waals surface area contributed by atoms with E-state index in [4.69, 9.17) is 4.74 Å². The monoisotopic (exact) mass is 611 g/mol. The molecule has 1 aliphatic heterocycles. The molecule has 1 aliphatic rings. The molecule has 2 amide bonds. The number of aromatic nitrogens is 3. The third-order valence-electron chi connectivity index (χ3n) is 8.09. The summed E-state index contributed by atoms with van der Waals surface area (Å²) in [6.45, 7) is 5.86. The molecule has 9 heteroatoms. The Hall–Kier alpha value is -4.11. The third kappa shape index (κ3) is 7.88. The van der Waals surface area contributed by atoms with Gasteiger partial charge in [0, 0.05) is 44.3 Å². The Bertz CT molecular complexity index is 1540. The molecule has 5 rings (SSSR count). The van der Waals surface area contributed by atoms with Gasteiger partial charge in [-0.05, 0) is 61.6 Å². The Labute approximate surface area is 264 Å². The highest BCUT2D eigenvalue weighted by Crippen LogP contribution is 2.26. The van der Waals surface area contributed by atoms with Crippen LogP contribution in [-0.4, -0.2) is 74.9 Å². The van der Waals surface area contributed by atoms with Crippen molar-refractivity contribution in [2.75, 3.05) is 32.5 Å². The van der Waals surface area contributed by atoms with E-state index in [1.807, 2.05) is 71.3 Å². The van der Waals surface area contributed by atoms with Crippen LogP contribution in [-0.2, 0) is 22.4 Å². The maximum absolute atomic E-state index is 13.0. The van der Waals surface area contributed by atoms with E-state index in [1.165, 1.54) is 11.1 Å². The molecule has 0 radical (unpaired) electrons. The van der Waals surface area contributed by atoms with Gasteiger partial charge in [-0.15, -0.1) is 10.2 Å². The lowest BCUT2D eigenvalue weighted by Gasteiger charge is -2.40.